The second kappa shape index (κ2) is 6.47. The molecule has 6 heteroatoms. The van der Waals surface area contributed by atoms with E-state index < -0.39 is 5.97 Å². The van der Waals surface area contributed by atoms with E-state index in [1.165, 1.54) is 0 Å². The van der Waals surface area contributed by atoms with Crippen LogP contribution >= 0.6 is 11.3 Å². The number of rotatable bonds is 6. The van der Waals surface area contributed by atoms with E-state index in [2.05, 4.69) is 17.0 Å². The lowest BCUT2D eigenvalue weighted by Gasteiger charge is -2.01. The highest BCUT2D eigenvalue weighted by molar-refractivity contribution is 7.12. The predicted molar refractivity (Wildman–Crippen MR) is 78.9 cm³/mol. The number of carboxylic acids is 1. The molecule has 20 heavy (non-hydrogen) atoms. The van der Waals surface area contributed by atoms with E-state index in [9.17, 15) is 4.79 Å². The quantitative estimate of drug-likeness (QED) is 0.831. The Balaban J connectivity index is 2.14. The van der Waals surface area contributed by atoms with Crippen molar-refractivity contribution in [3.63, 3.8) is 0 Å². The summed E-state index contributed by atoms with van der Waals surface area (Å²) in [5.74, 6) is 0.916. The highest BCUT2D eigenvalue weighted by Gasteiger charge is 2.08. The van der Waals surface area contributed by atoms with Gasteiger partial charge in [-0.3, -0.25) is 0 Å². The van der Waals surface area contributed by atoms with Crippen LogP contribution in [-0.4, -0.2) is 25.8 Å². The summed E-state index contributed by atoms with van der Waals surface area (Å²) in [5.41, 5.74) is 0. The van der Waals surface area contributed by atoms with Crippen molar-refractivity contribution >= 4 is 23.4 Å². The SMILES string of the molecule is CCc1nc(CC)n(Cc2ccc(C=CC(=O)O)s2)n1. The van der Waals surface area contributed by atoms with Gasteiger partial charge < -0.3 is 5.11 Å². The fraction of sp³-hybridized carbons (Fsp3) is 0.357. The Labute approximate surface area is 121 Å². The summed E-state index contributed by atoms with van der Waals surface area (Å²) in [7, 11) is 0. The fourth-order valence-corrected chi connectivity index (χ4v) is 2.73. The summed E-state index contributed by atoms with van der Waals surface area (Å²) in [6, 6.07) is 3.92. The summed E-state index contributed by atoms with van der Waals surface area (Å²) in [4.78, 5) is 17.0. The van der Waals surface area contributed by atoms with Crippen molar-refractivity contribution in [1.29, 1.82) is 0 Å². The van der Waals surface area contributed by atoms with E-state index in [0.29, 0.717) is 6.54 Å². The van der Waals surface area contributed by atoms with Crippen LogP contribution in [0.1, 0.15) is 35.3 Å². The zero-order chi connectivity index (χ0) is 14.5. The molecular formula is C14H17N3O2S. The molecule has 0 spiro atoms. The topological polar surface area (TPSA) is 68.0 Å². The minimum Gasteiger partial charge on any atom is -0.478 e. The first-order valence-corrected chi connectivity index (χ1v) is 7.36. The molecule has 106 valence electrons. The number of aryl methyl sites for hydroxylation is 2. The molecule has 0 unspecified atom stereocenters. The number of thiophene rings is 1. The fourth-order valence-electron chi connectivity index (χ4n) is 1.83. The van der Waals surface area contributed by atoms with E-state index in [1.54, 1.807) is 17.4 Å². The minimum absolute atomic E-state index is 0.682. The highest BCUT2D eigenvalue weighted by atomic mass is 32.1. The van der Waals surface area contributed by atoms with E-state index >= 15 is 0 Å². The van der Waals surface area contributed by atoms with Gasteiger partial charge in [0.25, 0.3) is 0 Å². The van der Waals surface area contributed by atoms with Crippen molar-refractivity contribution in [2.45, 2.75) is 33.2 Å². The van der Waals surface area contributed by atoms with Gasteiger partial charge in [-0.15, -0.1) is 11.3 Å². The Bertz CT molecular complexity index is 628. The van der Waals surface area contributed by atoms with Gasteiger partial charge in [-0.25, -0.2) is 14.5 Å². The first-order chi connectivity index (χ1) is 9.62. The lowest BCUT2D eigenvalue weighted by Crippen LogP contribution is -2.05. The largest absolute Gasteiger partial charge is 0.478 e. The molecule has 0 bridgehead atoms. The van der Waals surface area contributed by atoms with E-state index in [-0.39, 0.29) is 0 Å². The smallest absolute Gasteiger partial charge is 0.328 e. The van der Waals surface area contributed by atoms with Gasteiger partial charge in [-0.05, 0) is 18.2 Å². The number of carbonyl (C=O) groups is 1. The standard InChI is InChI=1S/C14H17N3O2S/c1-3-12-15-13(4-2)17(16-12)9-11-6-5-10(20-11)7-8-14(18)19/h5-8H,3-4,9H2,1-2H3,(H,18,19). The predicted octanol–water partition coefficient (Wildman–Crippen LogP) is 2.61. The third kappa shape index (κ3) is 3.54. The maximum atomic E-state index is 10.5. The van der Waals surface area contributed by atoms with Crippen molar-refractivity contribution in [3.05, 3.63) is 39.6 Å². The lowest BCUT2D eigenvalue weighted by molar-refractivity contribution is -0.131. The summed E-state index contributed by atoms with van der Waals surface area (Å²) < 4.78 is 1.93. The average Bonchev–Trinajstić information content (AvgIpc) is 3.03. The van der Waals surface area contributed by atoms with Crippen molar-refractivity contribution in [2.75, 3.05) is 0 Å². The summed E-state index contributed by atoms with van der Waals surface area (Å²) in [6.45, 7) is 4.79. The van der Waals surface area contributed by atoms with Crippen LogP contribution in [0.5, 0.6) is 0 Å². The molecule has 2 aromatic heterocycles. The summed E-state index contributed by atoms with van der Waals surface area (Å²) in [6.07, 6.45) is 4.44. The van der Waals surface area contributed by atoms with Crippen LogP contribution in [-0.2, 0) is 24.2 Å². The van der Waals surface area contributed by atoms with Crippen LogP contribution in [0.2, 0.25) is 0 Å². The Hall–Kier alpha value is -1.95. The lowest BCUT2D eigenvalue weighted by atomic mass is 10.4. The zero-order valence-electron chi connectivity index (χ0n) is 11.5. The maximum absolute atomic E-state index is 10.5. The molecule has 0 fully saturated rings. The van der Waals surface area contributed by atoms with Gasteiger partial charge in [0.1, 0.15) is 5.82 Å². The second-order valence-electron chi connectivity index (χ2n) is 4.28. The van der Waals surface area contributed by atoms with Crippen molar-refractivity contribution < 1.29 is 9.90 Å². The second-order valence-corrected chi connectivity index (χ2v) is 5.48. The number of hydrogen-bond acceptors (Lipinski definition) is 4. The molecule has 0 saturated carbocycles. The molecule has 0 aliphatic rings. The van der Waals surface area contributed by atoms with E-state index in [0.717, 1.165) is 40.3 Å². The number of nitrogens with zero attached hydrogens (tertiary/aromatic N) is 3. The first kappa shape index (κ1) is 14.5. The summed E-state index contributed by atoms with van der Waals surface area (Å²) in [5, 5.41) is 13.1. The van der Waals surface area contributed by atoms with Crippen LogP contribution in [0.3, 0.4) is 0 Å². The molecule has 2 heterocycles. The van der Waals surface area contributed by atoms with Crippen LogP contribution < -0.4 is 0 Å². The van der Waals surface area contributed by atoms with E-state index in [4.69, 9.17) is 5.11 Å². The molecule has 2 rings (SSSR count). The molecule has 1 N–H and O–H groups in total. The monoisotopic (exact) mass is 291 g/mol. The molecule has 0 saturated heterocycles. The van der Waals surface area contributed by atoms with Crippen LogP contribution in [0.15, 0.2) is 18.2 Å². The van der Waals surface area contributed by atoms with Crippen LogP contribution in [0.25, 0.3) is 6.08 Å². The molecule has 0 aliphatic heterocycles. The van der Waals surface area contributed by atoms with Gasteiger partial charge in [0.15, 0.2) is 5.82 Å². The summed E-state index contributed by atoms with van der Waals surface area (Å²) >= 11 is 1.57. The average molecular weight is 291 g/mol. The normalized spacial score (nSPS) is 11.3. The molecule has 0 atom stereocenters. The van der Waals surface area contributed by atoms with Crippen LogP contribution in [0.4, 0.5) is 0 Å². The molecule has 0 aromatic carbocycles. The van der Waals surface area contributed by atoms with Crippen molar-refractivity contribution in [2.24, 2.45) is 0 Å². The highest BCUT2D eigenvalue weighted by Crippen LogP contribution is 2.19. The third-order valence-corrected chi connectivity index (χ3v) is 3.84. The number of aliphatic carboxylic acids is 1. The maximum Gasteiger partial charge on any atom is 0.328 e. The molecule has 5 nitrogen and oxygen atoms in total. The molecule has 0 aliphatic carbocycles. The van der Waals surface area contributed by atoms with Crippen molar-refractivity contribution in [1.82, 2.24) is 14.8 Å². The van der Waals surface area contributed by atoms with E-state index in [1.807, 2.05) is 23.7 Å². The molecule has 0 radical (unpaired) electrons. The Morgan fingerprint density at radius 2 is 2.20 bits per heavy atom. The van der Waals surface area contributed by atoms with Gasteiger partial charge in [0, 0.05) is 28.7 Å². The number of aromatic nitrogens is 3. The minimum atomic E-state index is -0.933. The Morgan fingerprint density at radius 3 is 2.85 bits per heavy atom. The van der Waals surface area contributed by atoms with Gasteiger partial charge in [0.05, 0.1) is 6.54 Å². The van der Waals surface area contributed by atoms with Crippen molar-refractivity contribution in [3.8, 4) is 0 Å². The Kier molecular flexibility index (Phi) is 4.68. The van der Waals surface area contributed by atoms with Gasteiger partial charge in [-0.2, -0.15) is 5.10 Å². The van der Waals surface area contributed by atoms with Gasteiger partial charge in [-0.1, -0.05) is 13.8 Å². The third-order valence-electron chi connectivity index (χ3n) is 2.80. The first-order valence-electron chi connectivity index (χ1n) is 6.54. The van der Waals surface area contributed by atoms with Crippen LogP contribution in [0, 0.1) is 0 Å². The molecule has 2 aromatic rings. The van der Waals surface area contributed by atoms with Gasteiger partial charge >= 0.3 is 5.97 Å². The zero-order valence-corrected chi connectivity index (χ0v) is 12.4. The molecular weight excluding hydrogens is 274 g/mol. The number of carboxylic acid groups (broad SMARTS) is 1. The van der Waals surface area contributed by atoms with Gasteiger partial charge in [0.2, 0.25) is 0 Å². The number of hydrogen-bond donors (Lipinski definition) is 1. The molecule has 0 amide bonds. The Morgan fingerprint density at radius 1 is 1.40 bits per heavy atom.